The number of piperidine rings is 1. The number of imidazole rings is 1. The van der Waals surface area contributed by atoms with Gasteiger partial charge in [-0.1, -0.05) is 0 Å². The lowest BCUT2D eigenvalue weighted by Crippen LogP contribution is -2.45. The molecule has 2 saturated heterocycles. The average molecular weight is 570 g/mol. The maximum atomic E-state index is 13.5. The molecule has 3 fully saturated rings. The Labute approximate surface area is 245 Å². The molecule has 2 atom stereocenters. The second kappa shape index (κ2) is 10.4. The summed E-state index contributed by atoms with van der Waals surface area (Å²) in [6.07, 6.45) is 5.79. The summed E-state index contributed by atoms with van der Waals surface area (Å²) in [5.41, 5.74) is 12.0. The molecule has 0 aromatic carbocycles. The average Bonchev–Trinajstić information content (AvgIpc) is 3.46. The SMILES string of the molecule is COc1cc(C(=O)N2CCC[C@@H](N)C2)cc2nc(-c3cc4ccc([C@@H](C)N5CCCC5=O)nc4n3CC3CC3)c(C)n12. The van der Waals surface area contributed by atoms with E-state index in [1.807, 2.05) is 39.3 Å². The van der Waals surface area contributed by atoms with E-state index in [0.29, 0.717) is 42.5 Å². The Bertz CT molecular complexity index is 1700. The number of nitrogens with zero attached hydrogens (tertiary/aromatic N) is 6. The van der Waals surface area contributed by atoms with Gasteiger partial charge in [0.2, 0.25) is 5.91 Å². The highest BCUT2D eigenvalue weighted by Crippen LogP contribution is 2.38. The number of ether oxygens (including phenoxy) is 1. The van der Waals surface area contributed by atoms with E-state index in [1.54, 1.807) is 7.11 Å². The summed E-state index contributed by atoms with van der Waals surface area (Å²) in [5, 5.41) is 1.05. The van der Waals surface area contributed by atoms with Crippen molar-refractivity contribution in [3.8, 4) is 17.3 Å². The fraction of sp³-hybridized carbons (Fsp3) is 0.500. The normalized spacial score (nSPS) is 20.2. The summed E-state index contributed by atoms with van der Waals surface area (Å²) in [5.74, 6) is 1.35. The van der Waals surface area contributed by atoms with Crippen molar-refractivity contribution in [2.75, 3.05) is 26.7 Å². The number of carbonyl (C=O) groups excluding carboxylic acids is 2. The van der Waals surface area contributed by atoms with Crippen LogP contribution in [0.25, 0.3) is 28.1 Å². The van der Waals surface area contributed by atoms with Gasteiger partial charge in [0.25, 0.3) is 5.91 Å². The van der Waals surface area contributed by atoms with Crippen LogP contribution in [-0.2, 0) is 11.3 Å². The number of likely N-dealkylation sites (tertiary alicyclic amines) is 2. The fourth-order valence-electron chi connectivity index (χ4n) is 6.72. The van der Waals surface area contributed by atoms with Crippen LogP contribution in [0.5, 0.6) is 5.88 Å². The van der Waals surface area contributed by atoms with E-state index < -0.39 is 0 Å². The Morgan fingerprint density at radius 1 is 1.12 bits per heavy atom. The van der Waals surface area contributed by atoms with Crippen LogP contribution >= 0.6 is 0 Å². The highest BCUT2D eigenvalue weighted by molar-refractivity contribution is 5.96. The predicted octanol–water partition coefficient (Wildman–Crippen LogP) is 4.32. The van der Waals surface area contributed by atoms with Gasteiger partial charge >= 0.3 is 0 Å². The molecule has 220 valence electrons. The summed E-state index contributed by atoms with van der Waals surface area (Å²) >= 11 is 0. The zero-order chi connectivity index (χ0) is 29.1. The minimum absolute atomic E-state index is 0.00920. The molecule has 2 N–H and O–H groups in total. The van der Waals surface area contributed by atoms with Crippen LogP contribution in [0, 0.1) is 12.8 Å². The van der Waals surface area contributed by atoms with Crippen molar-refractivity contribution < 1.29 is 14.3 Å². The number of hydrogen-bond acceptors (Lipinski definition) is 6. The van der Waals surface area contributed by atoms with Crippen LogP contribution in [0.3, 0.4) is 0 Å². The maximum Gasteiger partial charge on any atom is 0.254 e. The Kier molecular flexibility index (Phi) is 6.68. The summed E-state index contributed by atoms with van der Waals surface area (Å²) < 4.78 is 10.1. The molecule has 10 heteroatoms. The standard InChI is InChI=1S/C32H39N7O3/c1-19(37-13-5-7-28(37)40)25-11-10-22-14-26(38(31(22)34-25)17-21-8-9-21)30-20(2)39-27(35-30)15-23(16-29(39)42-3)32(41)36-12-4-6-24(33)18-36/h10-11,14-16,19,21,24H,4-9,12-13,17-18,33H2,1-3H3/t19-,24-/m1/s1. The molecule has 1 saturated carbocycles. The van der Waals surface area contributed by atoms with E-state index in [2.05, 4.69) is 23.6 Å². The number of hydrogen-bond donors (Lipinski definition) is 1. The van der Waals surface area contributed by atoms with E-state index in [1.165, 1.54) is 12.8 Å². The molecular formula is C32H39N7O3. The number of carbonyl (C=O) groups is 2. The molecule has 10 nitrogen and oxygen atoms in total. The topological polar surface area (TPSA) is 111 Å². The van der Waals surface area contributed by atoms with Crippen molar-refractivity contribution in [3.63, 3.8) is 0 Å². The van der Waals surface area contributed by atoms with Crippen LogP contribution in [0.2, 0.25) is 0 Å². The largest absolute Gasteiger partial charge is 0.482 e. The number of nitrogens with two attached hydrogens (primary N) is 1. The number of aryl methyl sites for hydroxylation is 1. The van der Waals surface area contributed by atoms with E-state index in [0.717, 1.165) is 66.2 Å². The quantitative estimate of drug-likeness (QED) is 0.355. The molecule has 2 aliphatic heterocycles. The van der Waals surface area contributed by atoms with E-state index in [9.17, 15) is 9.59 Å². The van der Waals surface area contributed by atoms with Crippen molar-refractivity contribution in [2.45, 2.75) is 71.0 Å². The molecule has 42 heavy (non-hydrogen) atoms. The van der Waals surface area contributed by atoms with E-state index >= 15 is 0 Å². The molecule has 0 radical (unpaired) electrons. The summed E-state index contributed by atoms with van der Waals surface area (Å²) in [6.45, 7) is 7.04. The van der Waals surface area contributed by atoms with Crippen LogP contribution in [0.1, 0.15) is 73.2 Å². The summed E-state index contributed by atoms with van der Waals surface area (Å²) in [6, 6.07) is 9.95. The molecule has 3 aliphatic rings. The monoisotopic (exact) mass is 569 g/mol. The Morgan fingerprint density at radius 2 is 1.95 bits per heavy atom. The predicted molar refractivity (Wildman–Crippen MR) is 160 cm³/mol. The Balaban J connectivity index is 1.32. The first-order chi connectivity index (χ1) is 20.3. The van der Waals surface area contributed by atoms with Gasteiger partial charge in [-0.25, -0.2) is 9.97 Å². The van der Waals surface area contributed by atoms with Gasteiger partial charge in [0.05, 0.1) is 30.2 Å². The third-order valence-corrected chi connectivity index (χ3v) is 9.27. The lowest BCUT2D eigenvalue weighted by Gasteiger charge is -2.30. The van der Waals surface area contributed by atoms with Crippen molar-refractivity contribution in [3.05, 3.63) is 47.3 Å². The van der Waals surface area contributed by atoms with Gasteiger partial charge in [-0.3, -0.25) is 14.0 Å². The molecule has 0 unspecified atom stereocenters. The van der Waals surface area contributed by atoms with Crippen LogP contribution in [0.15, 0.2) is 30.3 Å². The van der Waals surface area contributed by atoms with Gasteiger partial charge in [-0.2, -0.15) is 0 Å². The van der Waals surface area contributed by atoms with Gasteiger partial charge < -0.3 is 24.8 Å². The van der Waals surface area contributed by atoms with E-state index in [4.69, 9.17) is 20.4 Å². The highest BCUT2D eigenvalue weighted by atomic mass is 16.5. The summed E-state index contributed by atoms with van der Waals surface area (Å²) in [4.78, 5) is 39.9. The molecule has 0 bridgehead atoms. The van der Waals surface area contributed by atoms with E-state index in [-0.39, 0.29) is 23.9 Å². The highest BCUT2D eigenvalue weighted by Gasteiger charge is 2.30. The van der Waals surface area contributed by atoms with Crippen LogP contribution in [-0.4, -0.2) is 73.3 Å². The third-order valence-electron chi connectivity index (χ3n) is 9.27. The first-order valence-corrected chi connectivity index (χ1v) is 15.2. The first-order valence-electron chi connectivity index (χ1n) is 15.2. The molecule has 6 heterocycles. The van der Waals surface area contributed by atoms with Gasteiger partial charge in [0.1, 0.15) is 17.0 Å². The van der Waals surface area contributed by atoms with Gasteiger partial charge in [-0.05, 0) is 76.1 Å². The second-order valence-electron chi connectivity index (χ2n) is 12.3. The van der Waals surface area contributed by atoms with Crippen LogP contribution in [0.4, 0.5) is 0 Å². The van der Waals surface area contributed by atoms with Crippen molar-refractivity contribution in [1.82, 2.24) is 28.7 Å². The first kappa shape index (κ1) is 26.9. The lowest BCUT2D eigenvalue weighted by atomic mass is 10.1. The molecule has 7 rings (SSSR count). The van der Waals surface area contributed by atoms with Crippen molar-refractivity contribution in [1.29, 1.82) is 0 Å². The molecule has 4 aromatic heterocycles. The zero-order valence-electron chi connectivity index (χ0n) is 24.7. The number of rotatable bonds is 7. The van der Waals surface area contributed by atoms with Gasteiger partial charge in [-0.15, -0.1) is 0 Å². The van der Waals surface area contributed by atoms with Gasteiger partial charge in [0.15, 0.2) is 5.88 Å². The smallest absolute Gasteiger partial charge is 0.254 e. The fourth-order valence-corrected chi connectivity index (χ4v) is 6.72. The third kappa shape index (κ3) is 4.62. The Morgan fingerprint density at radius 3 is 2.67 bits per heavy atom. The van der Waals surface area contributed by atoms with Gasteiger partial charge in [0, 0.05) is 55.7 Å². The second-order valence-corrected chi connectivity index (χ2v) is 12.3. The number of methoxy groups -OCH3 is 1. The van der Waals surface area contributed by atoms with Crippen molar-refractivity contribution >= 4 is 28.5 Å². The molecular weight excluding hydrogens is 530 g/mol. The molecule has 4 aromatic rings. The minimum atomic E-state index is -0.0660. The molecule has 0 spiro atoms. The summed E-state index contributed by atoms with van der Waals surface area (Å²) in [7, 11) is 1.63. The van der Waals surface area contributed by atoms with Crippen molar-refractivity contribution in [2.24, 2.45) is 11.7 Å². The molecule has 1 aliphatic carbocycles. The maximum absolute atomic E-state index is 13.5. The number of pyridine rings is 2. The molecule has 2 amide bonds. The minimum Gasteiger partial charge on any atom is -0.482 e. The number of fused-ring (bicyclic) bond motifs is 2. The Hall–Kier alpha value is -3.92. The van der Waals surface area contributed by atoms with Crippen LogP contribution < -0.4 is 10.5 Å². The number of aromatic nitrogens is 4. The number of amides is 2. The lowest BCUT2D eigenvalue weighted by molar-refractivity contribution is -0.129. The zero-order valence-corrected chi connectivity index (χ0v) is 24.7.